The monoisotopic (exact) mass is 191 g/mol. The molecule has 73 valence electrons. The molecule has 0 heterocycles. The predicted octanol–water partition coefficient (Wildman–Crippen LogP) is -0.294. The van der Waals surface area contributed by atoms with Crippen LogP contribution in [0.3, 0.4) is 0 Å². The minimum Gasteiger partial charge on any atom is -0.397 e. The van der Waals surface area contributed by atoms with Crippen LogP contribution in [-0.4, -0.2) is 43.1 Å². The second kappa shape index (κ2) is 9.15. The van der Waals surface area contributed by atoms with Gasteiger partial charge in [-0.25, -0.2) is 0 Å². The first-order chi connectivity index (χ1) is 5.85. The highest BCUT2D eigenvalue weighted by Crippen LogP contribution is 1.97. The van der Waals surface area contributed by atoms with Crippen LogP contribution < -0.4 is 11.1 Å². The zero-order chi connectivity index (χ0) is 9.23. The third kappa shape index (κ3) is 6.75. The van der Waals surface area contributed by atoms with Gasteiger partial charge in [0.15, 0.2) is 0 Å². The van der Waals surface area contributed by atoms with Crippen molar-refractivity contribution in [2.45, 2.75) is 12.5 Å². The van der Waals surface area contributed by atoms with Crippen LogP contribution in [0.1, 0.15) is 6.42 Å². The molecule has 0 atom stereocenters. The summed E-state index contributed by atoms with van der Waals surface area (Å²) < 4.78 is 10.3. The average Bonchev–Trinajstić information content (AvgIpc) is 2.11. The topological polar surface area (TPSA) is 56.5 Å². The van der Waals surface area contributed by atoms with Crippen molar-refractivity contribution in [3.63, 3.8) is 0 Å². The van der Waals surface area contributed by atoms with Crippen LogP contribution in [0.4, 0.5) is 0 Å². The maximum absolute atomic E-state index is 5.32. The van der Waals surface area contributed by atoms with Gasteiger partial charge in [-0.1, -0.05) is 0 Å². The van der Waals surface area contributed by atoms with Crippen molar-refractivity contribution in [2.75, 3.05) is 33.9 Å². The third-order valence-corrected chi connectivity index (χ3v) is 3.18. The second-order valence-electron chi connectivity index (χ2n) is 2.42. The predicted molar refractivity (Wildman–Crippen MR) is 51.1 cm³/mol. The van der Waals surface area contributed by atoms with Crippen LogP contribution in [0, 0.1) is 0 Å². The molecule has 0 aliphatic carbocycles. The summed E-state index contributed by atoms with van der Waals surface area (Å²) in [5, 5.41) is 3.22. The van der Waals surface area contributed by atoms with E-state index in [-0.39, 0.29) is 0 Å². The van der Waals surface area contributed by atoms with Crippen LogP contribution >= 0.6 is 0 Å². The van der Waals surface area contributed by atoms with E-state index >= 15 is 0 Å². The Kier molecular flexibility index (Phi) is 9.19. The molecule has 0 aliphatic rings. The summed E-state index contributed by atoms with van der Waals surface area (Å²) in [6.45, 7) is 2.59. The normalized spacial score (nSPS) is 11.0. The summed E-state index contributed by atoms with van der Waals surface area (Å²) in [4.78, 5) is 0. The first-order valence-corrected chi connectivity index (χ1v) is 5.72. The summed E-state index contributed by atoms with van der Waals surface area (Å²) >= 11 is 0. The number of hydrogen-bond acceptors (Lipinski definition) is 4. The molecule has 12 heavy (non-hydrogen) atoms. The molecule has 0 aromatic heterocycles. The van der Waals surface area contributed by atoms with Crippen molar-refractivity contribution >= 4 is 9.28 Å². The van der Waals surface area contributed by atoms with E-state index in [2.05, 4.69) is 5.32 Å². The molecular formula is C7H19N2O2Si. The Labute approximate surface area is 76.3 Å². The maximum Gasteiger partial charge on any atom is 0.384 e. The standard InChI is InChI=1S/C7H19N2O2Si/c1-10-12(11-2)7-3-5-9-6-4-8/h9H,3-8H2,1-2H3. The molecular weight excluding hydrogens is 172 g/mol. The van der Waals surface area contributed by atoms with E-state index in [0.717, 1.165) is 25.6 Å². The first-order valence-electron chi connectivity index (χ1n) is 4.19. The van der Waals surface area contributed by atoms with Crippen molar-refractivity contribution in [1.29, 1.82) is 0 Å². The van der Waals surface area contributed by atoms with Gasteiger partial charge in [-0.15, -0.1) is 0 Å². The van der Waals surface area contributed by atoms with E-state index in [1.165, 1.54) is 0 Å². The molecule has 3 N–H and O–H groups in total. The Morgan fingerprint density at radius 1 is 1.25 bits per heavy atom. The molecule has 4 nitrogen and oxygen atoms in total. The molecule has 0 amide bonds. The fourth-order valence-electron chi connectivity index (χ4n) is 0.872. The lowest BCUT2D eigenvalue weighted by Crippen LogP contribution is -2.25. The highest BCUT2D eigenvalue weighted by atomic mass is 28.3. The molecule has 0 rings (SSSR count). The lowest BCUT2D eigenvalue weighted by Gasteiger charge is -2.08. The Hall–Kier alpha value is 0.0569. The molecule has 0 aliphatic heterocycles. The number of nitrogens with one attached hydrogen (secondary N) is 1. The van der Waals surface area contributed by atoms with Crippen molar-refractivity contribution in [2.24, 2.45) is 5.73 Å². The molecule has 0 unspecified atom stereocenters. The summed E-state index contributed by atoms with van der Waals surface area (Å²) in [6, 6.07) is 1.02. The van der Waals surface area contributed by atoms with Crippen molar-refractivity contribution in [3.05, 3.63) is 0 Å². The molecule has 1 radical (unpaired) electrons. The molecule has 0 spiro atoms. The number of hydrogen-bond donors (Lipinski definition) is 2. The van der Waals surface area contributed by atoms with Gasteiger partial charge < -0.3 is 19.9 Å². The van der Waals surface area contributed by atoms with Gasteiger partial charge in [0.05, 0.1) is 0 Å². The van der Waals surface area contributed by atoms with Gasteiger partial charge in [0, 0.05) is 27.3 Å². The van der Waals surface area contributed by atoms with Crippen LogP contribution in [0.15, 0.2) is 0 Å². The molecule has 0 bridgehead atoms. The Morgan fingerprint density at radius 3 is 2.42 bits per heavy atom. The number of nitrogens with two attached hydrogens (primary N) is 1. The summed E-state index contributed by atoms with van der Waals surface area (Å²) in [7, 11) is 2.42. The van der Waals surface area contributed by atoms with Crippen LogP contribution in [0.2, 0.25) is 6.04 Å². The quantitative estimate of drug-likeness (QED) is 0.409. The molecule has 0 saturated heterocycles. The average molecular weight is 191 g/mol. The van der Waals surface area contributed by atoms with Gasteiger partial charge in [0.2, 0.25) is 0 Å². The summed E-state index contributed by atoms with van der Waals surface area (Å²) in [5.74, 6) is 0. The maximum atomic E-state index is 5.32. The first kappa shape index (κ1) is 12.1. The zero-order valence-electron chi connectivity index (χ0n) is 7.93. The van der Waals surface area contributed by atoms with Gasteiger partial charge in [-0.3, -0.25) is 0 Å². The fourth-order valence-corrected chi connectivity index (χ4v) is 1.91. The van der Waals surface area contributed by atoms with E-state index in [0.29, 0.717) is 6.54 Å². The minimum atomic E-state index is -0.982. The summed E-state index contributed by atoms with van der Waals surface area (Å²) in [5.41, 5.74) is 5.32. The van der Waals surface area contributed by atoms with E-state index in [4.69, 9.17) is 14.6 Å². The van der Waals surface area contributed by atoms with Gasteiger partial charge in [-0.2, -0.15) is 0 Å². The van der Waals surface area contributed by atoms with E-state index in [1.807, 2.05) is 0 Å². The third-order valence-electron chi connectivity index (χ3n) is 1.51. The highest BCUT2D eigenvalue weighted by Gasteiger charge is 2.09. The Morgan fingerprint density at radius 2 is 1.92 bits per heavy atom. The molecule has 5 heteroatoms. The molecule has 0 aromatic carbocycles. The second-order valence-corrected chi connectivity index (χ2v) is 4.48. The Balaban J connectivity index is 3.06. The van der Waals surface area contributed by atoms with Crippen molar-refractivity contribution in [1.82, 2.24) is 5.32 Å². The van der Waals surface area contributed by atoms with Crippen molar-refractivity contribution < 1.29 is 8.85 Å². The number of rotatable bonds is 8. The van der Waals surface area contributed by atoms with Crippen LogP contribution in [0.25, 0.3) is 0 Å². The van der Waals surface area contributed by atoms with Gasteiger partial charge in [-0.05, 0) is 19.0 Å². The molecule has 0 aromatic rings. The lowest BCUT2D eigenvalue weighted by atomic mass is 10.5. The fraction of sp³-hybridized carbons (Fsp3) is 1.00. The molecule has 0 fully saturated rings. The van der Waals surface area contributed by atoms with Crippen LogP contribution in [-0.2, 0) is 8.85 Å². The van der Waals surface area contributed by atoms with Gasteiger partial charge >= 0.3 is 9.28 Å². The SMILES string of the molecule is CO[Si](CCCNCCN)OC. The largest absolute Gasteiger partial charge is 0.397 e. The van der Waals surface area contributed by atoms with E-state index in [9.17, 15) is 0 Å². The molecule has 0 saturated carbocycles. The summed E-state index contributed by atoms with van der Waals surface area (Å²) in [6.07, 6.45) is 1.09. The van der Waals surface area contributed by atoms with Crippen molar-refractivity contribution in [3.8, 4) is 0 Å². The van der Waals surface area contributed by atoms with E-state index < -0.39 is 9.28 Å². The van der Waals surface area contributed by atoms with Gasteiger partial charge in [0.25, 0.3) is 0 Å². The van der Waals surface area contributed by atoms with Crippen LogP contribution in [0.5, 0.6) is 0 Å². The minimum absolute atomic E-state index is 0.701. The highest BCUT2D eigenvalue weighted by molar-refractivity contribution is 6.44. The Bertz CT molecular complexity index is 91.5. The van der Waals surface area contributed by atoms with Gasteiger partial charge in [0.1, 0.15) is 0 Å². The van der Waals surface area contributed by atoms with E-state index in [1.54, 1.807) is 14.2 Å². The zero-order valence-corrected chi connectivity index (χ0v) is 8.93. The smallest absolute Gasteiger partial charge is 0.384 e. The lowest BCUT2D eigenvalue weighted by molar-refractivity contribution is 0.276.